The minimum absolute atomic E-state index is 0.0714. The van der Waals surface area contributed by atoms with Crippen LogP contribution in [-0.2, 0) is 9.47 Å². The molecule has 18 heavy (non-hydrogen) atoms. The van der Waals surface area contributed by atoms with E-state index >= 15 is 0 Å². The quantitative estimate of drug-likeness (QED) is 0.485. The third-order valence-corrected chi connectivity index (χ3v) is 2.79. The van der Waals surface area contributed by atoms with Crippen LogP contribution < -0.4 is 0 Å². The highest BCUT2D eigenvalue weighted by Crippen LogP contribution is 2.26. The Hall–Kier alpha value is -0.750. The van der Waals surface area contributed by atoms with Crippen LogP contribution in [-0.4, -0.2) is 63.3 Å². The van der Waals surface area contributed by atoms with Gasteiger partial charge in [0.25, 0.3) is 0 Å². The summed E-state index contributed by atoms with van der Waals surface area (Å²) in [5.74, 6) is 0. The van der Waals surface area contributed by atoms with E-state index in [4.69, 9.17) is 19.8 Å². The normalized spacial score (nSPS) is 37.3. The Morgan fingerprint density at radius 2 is 1.83 bits per heavy atom. The molecular weight excluding hydrogens is 242 g/mol. The molecule has 0 amide bonds. The van der Waals surface area contributed by atoms with Crippen LogP contribution in [0, 0.1) is 11.3 Å². The van der Waals surface area contributed by atoms with Crippen molar-refractivity contribution >= 4 is 0 Å². The van der Waals surface area contributed by atoms with Gasteiger partial charge in [0.2, 0.25) is 0 Å². The molecule has 1 aliphatic heterocycles. The second-order valence-corrected chi connectivity index (χ2v) is 4.91. The molecule has 1 rings (SSSR count). The van der Waals surface area contributed by atoms with E-state index in [0.29, 0.717) is 0 Å². The molecule has 1 heterocycles. The predicted octanol–water partition coefficient (Wildman–Crippen LogP) is -1.50. The molecule has 7 heteroatoms. The molecule has 0 aromatic heterocycles. The minimum Gasteiger partial charge on any atom is -0.394 e. The number of rotatable bonds is 4. The molecule has 7 nitrogen and oxygen atoms in total. The Morgan fingerprint density at radius 3 is 2.33 bits per heavy atom. The van der Waals surface area contributed by atoms with E-state index in [1.807, 2.05) is 6.07 Å². The van der Waals surface area contributed by atoms with E-state index in [2.05, 4.69) is 0 Å². The van der Waals surface area contributed by atoms with Crippen LogP contribution in [0.2, 0.25) is 0 Å². The fourth-order valence-electron chi connectivity index (χ4n) is 1.71. The highest BCUT2D eigenvalue weighted by Gasteiger charge is 2.45. The molecular formula is C11H19NO6. The smallest absolute Gasteiger partial charge is 0.187 e. The Bertz CT molecular complexity index is 313. The zero-order valence-electron chi connectivity index (χ0n) is 10.4. The first-order chi connectivity index (χ1) is 8.32. The van der Waals surface area contributed by atoms with Gasteiger partial charge in [-0.25, -0.2) is 0 Å². The zero-order chi connectivity index (χ0) is 13.9. The SMILES string of the molecule is CC(C)(CC#N)O[C@@H]1O[C@H](CO)[C@@H](O)[C@H](O)[C@H]1O. The summed E-state index contributed by atoms with van der Waals surface area (Å²) in [6.45, 7) is 2.76. The third-order valence-electron chi connectivity index (χ3n) is 2.79. The Balaban J connectivity index is 2.73. The fourth-order valence-corrected chi connectivity index (χ4v) is 1.71. The van der Waals surface area contributed by atoms with Gasteiger partial charge in [-0.05, 0) is 13.8 Å². The molecule has 0 saturated carbocycles. The van der Waals surface area contributed by atoms with Crippen molar-refractivity contribution in [2.45, 2.75) is 56.6 Å². The van der Waals surface area contributed by atoms with Crippen LogP contribution in [0.4, 0.5) is 0 Å². The van der Waals surface area contributed by atoms with Crippen LogP contribution >= 0.6 is 0 Å². The van der Waals surface area contributed by atoms with Gasteiger partial charge in [0, 0.05) is 0 Å². The molecule has 0 aromatic rings. The lowest BCUT2D eigenvalue weighted by molar-refractivity contribution is -0.322. The molecule has 104 valence electrons. The fraction of sp³-hybridized carbons (Fsp3) is 0.909. The van der Waals surface area contributed by atoms with Crippen LogP contribution in [0.3, 0.4) is 0 Å². The van der Waals surface area contributed by atoms with Crippen molar-refractivity contribution in [1.29, 1.82) is 5.26 Å². The molecule has 0 unspecified atom stereocenters. The monoisotopic (exact) mass is 261 g/mol. The van der Waals surface area contributed by atoms with Crippen LogP contribution in [0.15, 0.2) is 0 Å². The largest absolute Gasteiger partial charge is 0.394 e. The Labute approximate surface area is 105 Å². The van der Waals surface area contributed by atoms with Crippen molar-refractivity contribution < 1.29 is 29.9 Å². The molecule has 0 aromatic carbocycles. The first-order valence-electron chi connectivity index (χ1n) is 5.67. The lowest BCUT2D eigenvalue weighted by Gasteiger charge is -2.42. The second-order valence-electron chi connectivity index (χ2n) is 4.91. The molecule has 5 atom stereocenters. The van der Waals surface area contributed by atoms with E-state index in [-0.39, 0.29) is 6.42 Å². The van der Waals surface area contributed by atoms with Gasteiger partial charge < -0.3 is 29.9 Å². The lowest BCUT2D eigenvalue weighted by Crippen LogP contribution is -2.60. The van der Waals surface area contributed by atoms with Gasteiger partial charge in [-0.15, -0.1) is 0 Å². The van der Waals surface area contributed by atoms with E-state index in [0.717, 1.165) is 0 Å². The summed E-state index contributed by atoms with van der Waals surface area (Å²) in [5, 5.41) is 46.5. The van der Waals surface area contributed by atoms with Gasteiger partial charge >= 0.3 is 0 Å². The third kappa shape index (κ3) is 3.38. The highest BCUT2D eigenvalue weighted by molar-refractivity contribution is 4.91. The van der Waals surface area contributed by atoms with E-state index < -0.39 is 42.9 Å². The maximum atomic E-state index is 9.73. The van der Waals surface area contributed by atoms with Crippen molar-refractivity contribution in [2.24, 2.45) is 0 Å². The van der Waals surface area contributed by atoms with Crippen molar-refractivity contribution in [2.75, 3.05) is 6.61 Å². The average molecular weight is 261 g/mol. The molecule has 1 fully saturated rings. The number of hydrogen-bond acceptors (Lipinski definition) is 7. The molecule has 0 bridgehead atoms. The molecule has 0 spiro atoms. The van der Waals surface area contributed by atoms with Crippen LogP contribution in [0.1, 0.15) is 20.3 Å². The summed E-state index contributed by atoms with van der Waals surface area (Å²) in [7, 11) is 0. The Kier molecular flexibility index (Phi) is 5.04. The molecule has 0 aliphatic carbocycles. The van der Waals surface area contributed by atoms with Crippen molar-refractivity contribution in [3.05, 3.63) is 0 Å². The first-order valence-corrected chi connectivity index (χ1v) is 5.67. The number of ether oxygens (including phenoxy) is 2. The van der Waals surface area contributed by atoms with Gasteiger partial charge in [0.15, 0.2) is 6.29 Å². The maximum Gasteiger partial charge on any atom is 0.187 e. The summed E-state index contributed by atoms with van der Waals surface area (Å²) in [6.07, 6.45) is -6.47. The molecule has 1 saturated heterocycles. The van der Waals surface area contributed by atoms with E-state index in [9.17, 15) is 15.3 Å². The van der Waals surface area contributed by atoms with Crippen molar-refractivity contribution in [1.82, 2.24) is 0 Å². The highest BCUT2D eigenvalue weighted by atomic mass is 16.7. The predicted molar refractivity (Wildman–Crippen MR) is 59.2 cm³/mol. The number of nitriles is 1. The molecule has 4 N–H and O–H groups in total. The Morgan fingerprint density at radius 1 is 1.22 bits per heavy atom. The van der Waals surface area contributed by atoms with Crippen LogP contribution in [0.25, 0.3) is 0 Å². The van der Waals surface area contributed by atoms with Crippen LogP contribution in [0.5, 0.6) is 0 Å². The summed E-state index contributed by atoms with van der Waals surface area (Å²) in [4.78, 5) is 0. The number of aliphatic hydroxyl groups excluding tert-OH is 4. The van der Waals surface area contributed by atoms with Gasteiger partial charge in [0.05, 0.1) is 24.7 Å². The summed E-state index contributed by atoms with van der Waals surface area (Å²) >= 11 is 0. The first kappa shape index (κ1) is 15.3. The maximum absolute atomic E-state index is 9.73. The molecule has 0 radical (unpaired) electrons. The van der Waals surface area contributed by atoms with Gasteiger partial charge in [-0.2, -0.15) is 5.26 Å². The summed E-state index contributed by atoms with van der Waals surface area (Å²) in [5.41, 5.74) is -0.873. The summed E-state index contributed by atoms with van der Waals surface area (Å²) in [6, 6.07) is 1.93. The topological polar surface area (TPSA) is 123 Å². The van der Waals surface area contributed by atoms with Gasteiger partial charge in [-0.1, -0.05) is 0 Å². The van der Waals surface area contributed by atoms with Gasteiger partial charge in [0.1, 0.15) is 24.4 Å². The number of aliphatic hydroxyl groups is 4. The molecule has 1 aliphatic rings. The van der Waals surface area contributed by atoms with E-state index in [1.54, 1.807) is 13.8 Å². The second kappa shape index (κ2) is 5.93. The van der Waals surface area contributed by atoms with Crippen molar-refractivity contribution in [3.63, 3.8) is 0 Å². The summed E-state index contributed by atoms with van der Waals surface area (Å²) < 4.78 is 10.6. The lowest BCUT2D eigenvalue weighted by atomic mass is 9.98. The zero-order valence-corrected chi connectivity index (χ0v) is 10.4. The minimum atomic E-state index is -1.47. The standard InChI is InChI=1S/C11H19NO6/c1-11(2,3-4-12)18-10-9(16)8(15)7(14)6(5-13)17-10/h6-10,13-16H,3,5H2,1-2H3/t6-,7-,8+,9-,10+/m1/s1. The van der Waals surface area contributed by atoms with Gasteiger partial charge in [-0.3, -0.25) is 0 Å². The number of nitrogens with zero attached hydrogens (tertiary/aromatic N) is 1. The van der Waals surface area contributed by atoms with E-state index in [1.165, 1.54) is 0 Å². The van der Waals surface area contributed by atoms with Crippen molar-refractivity contribution in [3.8, 4) is 6.07 Å². The average Bonchev–Trinajstić information content (AvgIpc) is 2.29. The number of hydrogen-bond donors (Lipinski definition) is 4.